The molecule has 7 aromatic rings. The first-order chi connectivity index (χ1) is 38.6. The van der Waals surface area contributed by atoms with E-state index in [1.807, 2.05) is 5.43 Å². The molecule has 7 rings (SSSR count). The van der Waals surface area contributed by atoms with Gasteiger partial charge in [-0.1, -0.05) is 7.43 Å². The number of nitrogens with one attached hydrogen (secondary N) is 3. The Kier molecular flexibility index (Phi) is 33.8. The van der Waals surface area contributed by atoms with Crippen LogP contribution in [-0.4, -0.2) is 88.9 Å². The van der Waals surface area contributed by atoms with Crippen molar-refractivity contribution in [3.63, 3.8) is 0 Å². The molecule has 83 heavy (non-hydrogen) atoms. The van der Waals surface area contributed by atoms with Gasteiger partial charge in [-0.3, -0.25) is 87.6 Å². The van der Waals surface area contributed by atoms with Gasteiger partial charge in [0.15, 0.2) is 32.2 Å². The molecular weight excluding hydrogens is 1110 g/mol. The third-order valence-corrected chi connectivity index (χ3v) is 8.65. The lowest BCUT2D eigenvalue weighted by atomic mass is 10.3. The number of hydrogen-bond donors (Lipinski definition) is 7. The highest BCUT2D eigenvalue weighted by atomic mass is 16.6. The monoisotopic (exact) mass is 1170 g/mol. The fraction of sp³-hybridized carbons (Fsp3) is 0.208. The molecule has 0 aliphatic rings. The van der Waals surface area contributed by atoms with Crippen LogP contribution in [0.25, 0.3) is 0 Å². The number of carbonyl (C=O) groups is 4. The van der Waals surface area contributed by atoms with Gasteiger partial charge in [-0.2, -0.15) is 0 Å². The van der Waals surface area contributed by atoms with Crippen molar-refractivity contribution in [2.75, 3.05) is 25.6 Å². The maximum atomic E-state index is 11.1. The van der Waals surface area contributed by atoms with Crippen molar-refractivity contribution in [1.29, 1.82) is 0 Å². The number of rotatable bonds is 19. The number of hydrogen-bond acceptors (Lipinski definition) is 27. The lowest BCUT2D eigenvalue weighted by Crippen LogP contribution is -2.42. The lowest BCUT2D eigenvalue weighted by molar-refractivity contribution is -0.385. The van der Waals surface area contributed by atoms with E-state index in [-0.39, 0.29) is 74.5 Å². The number of ether oxygens (including phenoxy) is 5. The zero-order chi connectivity index (χ0) is 60.3. The summed E-state index contributed by atoms with van der Waals surface area (Å²) in [5.74, 6) is 15.5. The molecule has 2 heterocycles. The van der Waals surface area contributed by atoms with E-state index in [0.29, 0.717) is 52.2 Å². The average molecular weight is 1170 g/mol. The van der Waals surface area contributed by atoms with E-state index in [4.69, 9.17) is 44.1 Å². The van der Waals surface area contributed by atoms with Gasteiger partial charge in [0.25, 0.3) is 46.3 Å². The first kappa shape index (κ1) is 71.7. The smallest absolute Gasteiger partial charge is 0.276 e. The van der Waals surface area contributed by atoms with Crippen molar-refractivity contribution in [1.82, 2.24) is 36.7 Å². The van der Waals surface area contributed by atoms with Crippen molar-refractivity contribution in [3.8, 4) is 28.7 Å². The number of Topliss-reactive ketones (excluding diaryl/α,β-unsaturated/α-hetero) is 1. The zero-order valence-electron chi connectivity index (χ0n) is 43.7. The summed E-state index contributed by atoms with van der Waals surface area (Å²) in [5, 5.41) is 56.3. The van der Waals surface area contributed by atoms with E-state index in [0.717, 1.165) is 5.75 Å². The third kappa shape index (κ3) is 30.4. The highest BCUT2D eigenvalue weighted by molar-refractivity contribution is 5.81. The van der Waals surface area contributed by atoms with Gasteiger partial charge in [-0.25, -0.2) is 5.84 Å². The van der Waals surface area contributed by atoms with Crippen LogP contribution in [0, 0.1) is 54.3 Å². The lowest BCUT2D eigenvalue weighted by Gasteiger charge is -2.07. The molecule has 0 aliphatic heterocycles. The van der Waals surface area contributed by atoms with Crippen molar-refractivity contribution >= 4 is 51.9 Å². The first-order valence-electron chi connectivity index (χ1n) is 22.5. The Hall–Kier alpha value is -11.3. The molecule has 35 heteroatoms. The second-order valence-corrected chi connectivity index (χ2v) is 14.9. The van der Waals surface area contributed by atoms with Gasteiger partial charge in [0, 0.05) is 75.0 Å². The number of nitro groups is 4. The van der Waals surface area contributed by atoms with Crippen molar-refractivity contribution in [2.45, 2.75) is 48.3 Å². The van der Waals surface area contributed by atoms with E-state index in [9.17, 15) is 59.6 Å². The number of hydrazine groups is 3. The maximum Gasteiger partial charge on any atom is 0.276 e. The number of non-ortho nitro benzene ring substituents is 4. The van der Waals surface area contributed by atoms with Crippen LogP contribution in [0.15, 0.2) is 130 Å². The average Bonchev–Trinajstić information content (AvgIpc) is 4.11. The molecule has 0 unspecified atom stereocenters. The number of carbonyl (C=O) groups excluding carboxylic acids is 4. The number of nitrogens with zero attached hydrogens (tertiary/aromatic N) is 8. The number of ketones is 1. The minimum Gasteiger partial charge on any atom is -0.486 e. The molecule has 0 radical (unpaired) electrons. The van der Waals surface area contributed by atoms with Crippen LogP contribution in [0.3, 0.4) is 0 Å². The summed E-state index contributed by atoms with van der Waals surface area (Å²) in [6.07, 6.45) is 0. The standard InChI is InChI=1S/C10H11N3O5.C10H9N3O4.C10H11N3O2.C9H9NO4.C8H9N3O4.CH4.H4N2.H2O/c1-7(14)11-12-10(15)6-18-9-4-2-8(3-5-9)13(16)17;1-7-11-12-10(17-7)6-16-9-4-2-8(3-5-9)13(14)15;1-7-12-13-10(15-7)6-14-9-4-2-8(11)3-5-9;1-7(11)6-14-9-4-2-8(3-5-9)10(12)13;9-10-8(12)5-15-7-3-1-6(2-4-7)11(13)14;;1-2;/h2-5H,6H2,1H3,(H,11,14)(H,12,15);2-5H,6H2,1H3;2-5H,6,11H2,1H3;2-5H,6H2,1H3;1-4H,5,9H2,(H,10,12);1H4;1-2H2;1H2. The molecule has 5 aromatic carbocycles. The molecule has 2 aromatic heterocycles. The molecular formula is C48H59N15O20. The number of benzene rings is 5. The molecule has 3 amide bonds. The quantitative estimate of drug-likeness (QED) is 0.0199. The summed E-state index contributed by atoms with van der Waals surface area (Å²) >= 11 is 0. The fourth-order valence-electron chi connectivity index (χ4n) is 5.02. The van der Waals surface area contributed by atoms with Gasteiger partial charge in [0.1, 0.15) is 35.4 Å². The zero-order valence-corrected chi connectivity index (χ0v) is 43.7. The van der Waals surface area contributed by atoms with Crippen molar-refractivity contribution < 1.29 is 76.9 Å². The summed E-state index contributed by atoms with van der Waals surface area (Å²) in [6.45, 7) is 5.93. The Labute approximate surface area is 470 Å². The number of amides is 3. The Balaban J connectivity index is 0.00000100. The van der Waals surface area contributed by atoms with Crippen molar-refractivity contribution in [3.05, 3.63) is 185 Å². The number of aromatic nitrogens is 4. The van der Waals surface area contributed by atoms with E-state index < -0.39 is 37.4 Å². The van der Waals surface area contributed by atoms with Gasteiger partial charge in [-0.05, 0) is 79.7 Å². The minimum atomic E-state index is -0.538. The SMILES string of the molecule is C.CC(=O)COc1ccc([N+](=O)[O-])cc1.CC(=O)NNC(=O)COc1ccc([N+](=O)[O-])cc1.Cc1nnc(COc2ccc(N)cc2)o1.Cc1nnc(COc2ccc([N+](=O)[O-])cc2)o1.NN.NNC(=O)COc1ccc([N+](=O)[O-])cc1.O. The van der Waals surface area contributed by atoms with Gasteiger partial charge >= 0.3 is 0 Å². The van der Waals surface area contributed by atoms with Crippen LogP contribution in [0.1, 0.15) is 44.8 Å². The fourth-order valence-corrected chi connectivity index (χ4v) is 5.02. The van der Waals surface area contributed by atoms with Crippen LogP contribution in [0.5, 0.6) is 28.7 Å². The number of nitrogen functional groups attached to an aromatic ring is 1. The molecule has 0 saturated heterocycles. The summed E-state index contributed by atoms with van der Waals surface area (Å²) in [4.78, 5) is 82.3. The second-order valence-electron chi connectivity index (χ2n) is 14.9. The summed E-state index contributed by atoms with van der Waals surface area (Å²) in [6, 6.07) is 29.1. The van der Waals surface area contributed by atoms with Gasteiger partial charge in [-0.15, -0.1) is 20.4 Å². The molecule has 0 spiro atoms. The van der Waals surface area contributed by atoms with Gasteiger partial charge in [0.05, 0.1) is 19.7 Å². The Morgan fingerprint density at radius 2 is 0.771 bits per heavy atom. The maximum absolute atomic E-state index is 11.1. The predicted molar refractivity (Wildman–Crippen MR) is 290 cm³/mol. The topological polar surface area (TPSA) is 536 Å². The van der Waals surface area contributed by atoms with Gasteiger partial charge < -0.3 is 43.7 Å². The van der Waals surface area contributed by atoms with Crippen LogP contribution >= 0.6 is 0 Å². The minimum absolute atomic E-state index is 0. The van der Waals surface area contributed by atoms with E-state index in [1.165, 1.54) is 111 Å². The molecule has 0 saturated carbocycles. The Morgan fingerprint density at radius 3 is 1.04 bits per heavy atom. The largest absolute Gasteiger partial charge is 0.486 e. The number of nitro benzene ring substituents is 4. The third-order valence-electron chi connectivity index (χ3n) is 8.65. The molecule has 35 nitrogen and oxygen atoms in total. The summed E-state index contributed by atoms with van der Waals surface area (Å²) < 4.78 is 36.1. The normalized spacial score (nSPS) is 9.34. The molecule has 13 N–H and O–H groups in total. The molecule has 0 atom stereocenters. The van der Waals surface area contributed by atoms with Crippen LogP contribution in [0.2, 0.25) is 0 Å². The number of aryl methyl sites for hydroxylation is 2. The van der Waals surface area contributed by atoms with Crippen molar-refractivity contribution in [2.24, 2.45) is 17.5 Å². The highest BCUT2D eigenvalue weighted by Gasteiger charge is 2.10. The van der Waals surface area contributed by atoms with Crippen LogP contribution in [0.4, 0.5) is 28.4 Å². The predicted octanol–water partition coefficient (Wildman–Crippen LogP) is 3.70. The second kappa shape index (κ2) is 39.1. The Bertz CT molecular complexity index is 3090. The molecule has 0 bridgehead atoms. The summed E-state index contributed by atoms with van der Waals surface area (Å²) in [5.41, 5.74) is 12.3. The van der Waals surface area contributed by atoms with E-state index in [2.05, 4.69) is 42.9 Å². The molecule has 446 valence electrons. The number of anilines is 1. The highest BCUT2D eigenvalue weighted by Crippen LogP contribution is 2.21. The molecule has 0 fully saturated rings. The Morgan fingerprint density at radius 1 is 0.482 bits per heavy atom. The number of nitrogens with two attached hydrogens (primary N) is 4. The first-order valence-corrected chi connectivity index (χ1v) is 22.5. The summed E-state index contributed by atoms with van der Waals surface area (Å²) in [7, 11) is 0. The van der Waals surface area contributed by atoms with Crippen LogP contribution < -0.4 is 63.2 Å². The van der Waals surface area contributed by atoms with E-state index >= 15 is 0 Å². The van der Waals surface area contributed by atoms with Crippen LogP contribution in [-0.2, 0) is 32.4 Å². The van der Waals surface area contributed by atoms with E-state index in [1.54, 1.807) is 38.1 Å². The van der Waals surface area contributed by atoms with Gasteiger partial charge in [0.2, 0.25) is 17.7 Å². The molecule has 0 aliphatic carbocycles.